The minimum atomic E-state index is -0.367. The Hall–Kier alpha value is -1.07. The SMILES string of the molecule is CSc1cc(F)cc(C(=O)N2CCOCC2)c1. The van der Waals surface area contributed by atoms with E-state index in [2.05, 4.69) is 0 Å². The lowest BCUT2D eigenvalue weighted by molar-refractivity contribution is 0.0302. The van der Waals surface area contributed by atoms with Crippen LogP contribution >= 0.6 is 11.8 Å². The smallest absolute Gasteiger partial charge is 0.254 e. The predicted octanol–water partition coefficient (Wildman–Crippen LogP) is 2.02. The van der Waals surface area contributed by atoms with E-state index in [4.69, 9.17) is 4.74 Å². The Balaban J connectivity index is 2.20. The van der Waals surface area contributed by atoms with Gasteiger partial charge in [0.1, 0.15) is 5.82 Å². The van der Waals surface area contributed by atoms with Gasteiger partial charge in [0.15, 0.2) is 0 Å². The molecule has 0 N–H and O–H groups in total. The lowest BCUT2D eigenvalue weighted by Gasteiger charge is -2.27. The zero-order valence-corrected chi connectivity index (χ0v) is 10.4. The molecule has 1 aliphatic rings. The van der Waals surface area contributed by atoms with Crippen molar-refractivity contribution in [2.45, 2.75) is 4.90 Å². The minimum absolute atomic E-state index is 0.122. The van der Waals surface area contributed by atoms with Crippen molar-refractivity contribution in [3.8, 4) is 0 Å². The fraction of sp³-hybridized carbons (Fsp3) is 0.417. The monoisotopic (exact) mass is 255 g/mol. The van der Waals surface area contributed by atoms with Crippen LogP contribution in [0.1, 0.15) is 10.4 Å². The van der Waals surface area contributed by atoms with E-state index in [1.165, 1.54) is 23.9 Å². The summed E-state index contributed by atoms with van der Waals surface area (Å²) in [5.74, 6) is -0.489. The van der Waals surface area contributed by atoms with Gasteiger partial charge >= 0.3 is 0 Å². The standard InChI is InChI=1S/C12H14FNO2S/c1-17-11-7-9(6-10(13)8-11)12(15)14-2-4-16-5-3-14/h6-8H,2-5H2,1H3. The normalized spacial score (nSPS) is 16.0. The van der Waals surface area contributed by atoms with Crippen molar-refractivity contribution >= 4 is 17.7 Å². The zero-order chi connectivity index (χ0) is 12.3. The summed E-state index contributed by atoms with van der Waals surface area (Å²) in [6.45, 7) is 2.25. The second-order valence-electron chi connectivity index (χ2n) is 3.78. The first-order chi connectivity index (χ1) is 8.20. The van der Waals surface area contributed by atoms with Crippen molar-refractivity contribution in [1.82, 2.24) is 4.90 Å². The molecule has 0 radical (unpaired) electrons. The van der Waals surface area contributed by atoms with Crippen LogP contribution in [0.4, 0.5) is 4.39 Å². The van der Waals surface area contributed by atoms with Gasteiger partial charge in [-0.1, -0.05) is 0 Å². The number of hydrogen-bond donors (Lipinski definition) is 0. The maximum Gasteiger partial charge on any atom is 0.254 e. The van der Waals surface area contributed by atoms with Crippen LogP contribution in [-0.2, 0) is 4.74 Å². The van der Waals surface area contributed by atoms with E-state index in [0.717, 1.165) is 4.90 Å². The Kier molecular flexibility index (Phi) is 4.02. The molecule has 0 aromatic heterocycles. The second kappa shape index (κ2) is 5.51. The first kappa shape index (κ1) is 12.4. The Morgan fingerprint density at radius 1 is 1.35 bits per heavy atom. The summed E-state index contributed by atoms with van der Waals surface area (Å²) in [5, 5.41) is 0. The molecule has 0 bridgehead atoms. The molecule has 17 heavy (non-hydrogen) atoms. The van der Waals surface area contributed by atoms with E-state index in [0.29, 0.717) is 31.9 Å². The van der Waals surface area contributed by atoms with Gasteiger partial charge in [0, 0.05) is 23.5 Å². The van der Waals surface area contributed by atoms with E-state index < -0.39 is 0 Å². The second-order valence-corrected chi connectivity index (χ2v) is 4.66. The fourth-order valence-corrected chi connectivity index (χ4v) is 2.23. The molecular formula is C12H14FNO2S. The van der Waals surface area contributed by atoms with Crippen LogP contribution in [0.3, 0.4) is 0 Å². The van der Waals surface area contributed by atoms with Crippen molar-refractivity contribution < 1.29 is 13.9 Å². The van der Waals surface area contributed by atoms with Crippen LogP contribution in [0.25, 0.3) is 0 Å². The van der Waals surface area contributed by atoms with Crippen molar-refractivity contribution in [3.05, 3.63) is 29.6 Å². The lowest BCUT2D eigenvalue weighted by Crippen LogP contribution is -2.40. The summed E-state index contributed by atoms with van der Waals surface area (Å²) in [6, 6.07) is 4.45. The van der Waals surface area contributed by atoms with Gasteiger partial charge in [-0.05, 0) is 24.5 Å². The van der Waals surface area contributed by atoms with Crippen molar-refractivity contribution in [2.24, 2.45) is 0 Å². The number of morpholine rings is 1. The highest BCUT2D eigenvalue weighted by molar-refractivity contribution is 7.98. The number of hydrogen-bond acceptors (Lipinski definition) is 3. The molecule has 3 nitrogen and oxygen atoms in total. The van der Waals surface area contributed by atoms with E-state index in [1.54, 1.807) is 11.0 Å². The number of halogens is 1. The number of benzene rings is 1. The predicted molar refractivity (Wildman–Crippen MR) is 64.9 cm³/mol. The topological polar surface area (TPSA) is 29.5 Å². The van der Waals surface area contributed by atoms with Crippen LogP contribution in [-0.4, -0.2) is 43.4 Å². The minimum Gasteiger partial charge on any atom is -0.378 e. The van der Waals surface area contributed by atoms with Gasteiger partial charge in [-0.2, -0.15) is 0 Å². The highest BCUT2D eigenvalue weighted by Gasteiger charge is 2.19. The molecule has 1 fully saturated rings. The molecule has 1 aromatic carbocycles. The van der Waals surface area contributed by atoms with Gasteiger partial charge in [0.2, 0.25) is 0 Å². The fourth-order valence-electron chi connectivity index (χ4n) is 1.75. The molecule has 1 aromatic rings. The third kappa shape index (κ3) is 2.98. The number of thioether (sulfide) groups is 1. The molecule has 1 amide bonds. The highest BCUT2D eigenvalue weighted by atomic mass is 32.2. The first-order valence-electron chi connectivity index (χ1n) is 5.42. The molecule has 1 heterocycles. The molecule has 0 atom stereocenters. The third-order valence-electron chi connectivity index (χ3n) is 2.65. The summed E-state index contributed by atoms with van der Waals surface area (Å²) in [7, 11) is 0. The molecule has 0 saturated carbocycles. The largest absolute Gasteiger partial charge is 0.378 e. The summed E-state index contributed by atoms with van der Waals surface area (Å²) in [5.41, 5.74) is 0.413. The van der Waals surface area contributed by atoms with Crippen LogP contribution in [0.2, 0.25) is 0 Å². The number of carbonyl (C=O) groups excluding carboxylic acids is 1. The van der Waals surface area contributed by atoms with Crippen LogP contribution in [0, 0.1) is 5.82 Å². The first-order valence-corrected chi connectivity index (χ1v) is 6.65. The molecular weight excluding hydrogens is 241 g/mol. The molecule has 0 spiro atoms. The maximum absolute atomic E-state index is 13.3. The van der Waals surface area contributed by atoms with Gasteiger partial charge in [-0.3, -0.25) is 4.79 Å². The molecule has 2 rings (SSSR count). The van der Waals surface area contributed by atoms with Crippen LogP contribution in [0.5, 0.6) is 0 Å². The lowest BCUT2D eigenvalue weighted by atomic mass is 10.2. The number of nitrogens with zero attached hydrogens (tertiary/aromatic N) is 1. The number of carbonyl (C=O) groups is 1. The average Bonchev–Trinajstić information content (AvgIpc) is 2.38. The van der Waals surface area contributed by atoms with Crippen LogP contribution < -0.4 is 0 Å². The van der Waals surface area contributed by atoms with Gasteiger partial charge in [-0.15, -0.1) is 11.8 Å². The summed E-state index contributed by atoms with van der Waals surface area (Å²) in [6.07, 6.45) is 1.86. The number of rotatable bonds is 2. The van der Waals surface area contributed by atoms with Crippen molar-refractivity contribution in [1.29, 1.82) is 0 Å². The van der Waals surface area contributed by atoms with E-state index >= 15 is 0 Å². The van der Waals surface area contributed by atoms with Gasteiger partial charge in [0.05, 0.1) is 13.2 Å². The van der Waals surface area contributed by atoms with Gasteiger partial charge in [0.25, 0.3) is 5.91 Å². The Morgan fingerprint density at radius 3 is 2.71 bits per heavy atom. The third-order valence-corrected chi connectivity index (χ3v) is 3.36. The molecule has 92 valence electrons. The molecule has 0 unspecified atom stereocenters. The average molecular weight is 255 g/mol. The van der Waals surface area contributed by atoms with E-state index in [1.807, 2.05) is 6.26 Å². The Morgan fingerprint density at radius 2 is 2.06 bits per heavy atom. The van der Waals surface area contributed by atoms with E-state index in [9.17, 15) is 9.18 Å². The van der Waals surface area contributed by atoms with E-state index in [-0.39, 0.29) is 11.7 Å². The maximum atomic E-state index is 13.3. The molecule has 1 aliphatic heterocycles. The summed E-state index contributed by atoms with van der Waals surface area (Å²) >= 11 is 1.43. The summed E-state index contributed by atoms with van der Waals surface area (Å²) in [4.78, 5) is 14.6. The molecule has 0 aliphatic carbocycles. The van der Waals surface area contributed by atoms with Crippen LogP contribution in [0.15, 0.2) is 23.1 Å². The zero-order valence-electron chi connectivity index (χ0n) is 9.61. The van der Waals surface area contributed by atoms with Gasteiger partial charge in [-0.25, -0.2) is 4.39 Å². The van der Waals surface area contributed by atoms with Crippen molar-refractivity contribution in [3.63, 3.8) is 0 Å². The summed E-state index contributed by atoms with van der Waals surface area (Å²) < 4.78 is 18.5. The quantitative estimate of drug-likeness (QED) is 0.757. The highest BCUT2D eigenvalue weighted by Crippen LogP contribution is 2.19. The Bertz CT molecular complexity index is 419. The number of amides is 1. The molecule has 1 saturated heterocycles. The van der Waals surface area contributed by atoms with Gasteiger partial charge < -0.3 is 9.64 Å². The van der Waals surface area contributed by atoms with Crippen molar-refractivity contribution in [2.75, 3.05) is 32.6 Å². The molecule has 5 heteroatoms. The Labute approximate surface area is 104 Å². The number of ether oxygens (including phenoxy) is 1.